The number of hydrogen-bond donors (Lipinski definition) is 1. The minimum atomic E-state index is 1.17. The summed E-state index contributed by atoms with van der Waals surface area (Å²) in [6.07, 6.45) is 0. The van der Waals surface area contributed by atoms with Crippen LogP contribution in [0.25, 0.3) is 60.4 Å². The number of aromatic nitrogens is 2. The van der Waals surface area contributed by atoms with Crippen LogP contribution in [0.4, 0.5) is 0 Å². The summed E-state index contributed by atoms with van der Waals surface area (Å²) in [5.74, 6) is 0. The largest absolute Gasteiger partial charge is 0.353 e. The first-order valence-corrected chi connectivity index (χ1v) is 11.0. The van der Waals surface area contributed by atoms with Gasteiger partial charge in [0, 0.05) is 32.7 Å². The fourth-order valence-corrected chi connectivity index (χ4v) is 5.09. The Morgan fingerprint density at radius 1 is 0.500 bits per heavy atom. The molecule has 0 atom stereocenters. The Kier molecular flexibility index (Phi) is 3.58. The Morgan fingerprint density at radius 2 is 1.22 bits per heavy atom. The van der Waals surface area contributed by atoms with E-state index in [0.717, 1.165) is 0 Å². The van der Waals surface area contributed by atoms with Crippen molar-refractivity contribution in [3.8, 4) is 16.8 Å². The Hall–Kier alpha value is -4.30. The molecule has 0 fully saturated rings. The van der Waals surface area contributed by atoms with E-state index in [2.05, 4.69) is 125 Å². The van der Waals surface area contributed by atoms with Gasteiger partial charge in [-0.2, -0.15) is 0 Å². The highest BCUT2D eigenvalue weighted by Gasteiger charge is 2.17. The van der Waals surface area contributed by atoms with Crippen molar-refractivity contribution in [3.05, 3.63) is 115 Å². The number of rotatable bonds is 2. The van der Waals surface area contributed by atoms with Crippen LogP contribution in [-0.4, -0.2) is 9.55 Å². The minimum Gasteiger partial charge on any atom is -0.353 e. The topological polar surface area (TPSA) is 20.7 Å². The van der Waals surface area contributed by atoms with Crippen LogP contribution in [0.2, 0.25) is 0 Å². The maximum absolute atomic E-state index is 3.72. The van der Waals surface area contributed by atoms with Crippen LogP contribution >= 0.6 is 0 Å². The van der Waals surface area contributed by atoms with Gasteiger partial charge in [-0.15, -0.1) is 0 Å². The average Bonchev–Trinajstić information content (AvgIpc) is 3.41. The number of nitrogens with zero attached hydrogens (tertiary/aromatic N) is 1. The molecular weight excluding hydrogens is 388 g/mol. The predicted octanol–water partition coefficient (Wildman–Crippen LogP) is 8.09. The molecule has 0 amide bonds. The van der Waals surface area contributed by atoms with Crippen LogP contribution in [0.15, 0.2) is 115 Å². The highest BCUT2D eigenvalue weighted by Crippen LogP contribution is 2.39. The van der Waals surface area contributed by atoms with Crippen molar-refractivity contribution in [3.63, 3.8) is 0 Å². The van der Waals surface area contributed by atoms with Gasteiger partial charge >= 0.3 is 0 Å². The molecule has 0 bridgehead atoms. The molecule has 0 aliphatic carbocycles. The molecule has 0 aliphatic heterocycles. The molecule has 150 valence electrons. The molecule has 2 nitrogen and oxygen atoms in total. The van der Waals surface area contributed by atoms with Crippen molar-refractivity contribution in [2.45, 2.75) is 0 Å². The summed E-state index contributed by atoms with van der Waals surface area (Å²) in [5, 5.41) is 5.06. The van der Waals surface area contributed by atoms with E-state index in [1.165, 1.54) is 60.4 Å². The molecule has 2 aromatic heterocycles. The summed E-state index contributed by atoms with van der Waals surface area (Å²) in [6, 6.07) is 41.2. The van der Waals surface area contributed by atoms with Gasteiger partial charge in [0.15, 0.2) is 0 Å². The van der Waals surface area contributed by atoms with Crippen molar-refractivity contribution in [1.29, 1.82) is 0 Å². The van der Waals surface area contributed by atoms with E-state index in [4.69, 9.17) is 0 Å². The Balaban J connectivity index is 1.63. The van der Waals surface area contributed by atoms with E-state index in [0.29, 0.717) is 0 Å². The lowest BCUT2D eigenvalue weighted by Gasteiger charge is -2.11. The molecule has 7 aromatic rings. The van der Waals surface area contributed by atoms with E-state index in [1.807, 2.05) is 0 Å². The fraction of sp³-hybridized carbons (Fsp3) is 0. The van der Waals surface area contributed by atoms with Crippen LogP contribution in [0, 0.1) is 0 Å². The van der Waals surface area contributed by atoms with Crippen molar-refractivity contribution in [2.24, 2.45) is 0 Å². The number of hydrogen-bond acceptors (Lipinski definition) is 0. The number of benzene rings is 5. The van der Waals surface area contributed by atoms with Gasteiger partial charge in [-0.25, -0.2) is 0 Å². The molecular formula is C30H20N2. The third kappa shape index (κ3) is 2.41. The van der Waals surface area contributed by atoms with Crippen LogP contribution in [0.3, 0.4) is 0 Å². The lowest BCUT2D eigenvalue weighted by atomic mass is 10.1. The number of aromatic amines is 1. The van der Waals surface area contributed by atoms with E-state index in [9.17, 15) is 0 Å². The SMILES string of the molecule is c1ccc(-c2cccc(-n3c4ccccc4c4ccc5c6ccccc6[nH]c5c43)c2)cc1. The zero-order chi connectivity index (χ0) is 21.1. The second-order valence-corrected chi connectivity index (χ2v) is 8.32. The van der Waals surface area contributed by atoms with Gasteiger partial charge < -0.3 is 9.55 Å². The molecule has 32 heavy (non-hydrogen) atoms. The standard InChI is InChI=1S/C30H20N2/c1-2-9-20(10-3-1)21-11-8-12-22(19-21)32-28-16-7-5-14-24(28)26-18-17-25-23-13-4-6-15-27(23)31-29(25)30(26)32/h1-19,31H. The number of fused-ring (bicyclic) bond motifs is 7. The van der Waals surface area contributed by atoms with E-state index in [-0.39, 0.29) is 0 Å². The summed E-state index contributed by atoms with van der Waals surface area (Å²) < 4.78 is 2.41. The summed E-state index contributed by atoms with van der Waals surface area (Å²) in [5.41, 5.74) is 8.42. The quantitative estimate of drug-likeness (QED) is 0.298. The Bertz CT molecular complexity index is 1770. The van der Waals surface area contributed by atoms with Crippen LogP contribution < -0.4 is 0 Å². The molecule has 1 N–H and O–H groups in total. The minimum absolute atomic E-state index is 1.17. The predicted molar refractivity (Wildman–Crippen MR) is 136 cm³/mol. The zero-order valence-corrected chi connectivity index (χ0v) is 17.4. The van der Waals surface area contributed by atoms with Crippen LogP contribution in [0.5, 0.6) is 0 Å². The average molecular weight is 409 g/mol. The molecule has 0 radical (unpaired) electrons. The molecule has 2 heteroatoms. The fourth-order valence-electron chi connectivity index (χ4n) is 5.09. The van der Waals surface area contributed by atoms with E-state index < -0.39 is 0 Å². The molecule has 0 aliphatic rings. The van der Waals surface area contributed by atoms with Crippen molar-refractivity contribution < 1.29 is 0 Å². The van der Waals surface area contributed by atoms with Gasteiger partial charge in [0.25, 0.3) is 0 Å². The molecule has 0 saturated carbocycles. The second kappa shape index (κ2) is 6.60. The monoisotopic (exact) mass is 408 g/mol. The Labute approximate surface area is 185 Å². The summed E-state index contributed by atoms with van der Waals surface area (Å²) in [7, 11) is 0. The third-order valence-electron chi connectivity index (χ3n) is 6.53. The summed E-state index contributed by atoms with van der Waals surface area (Å²) in [6.45, 7) is 0. The highest BCUT2D eigenvalue weighted by atomic mass is 15.0. The molecule has 0 saturated heterocycles. The van der Waals surface area contributed by atoms with E-state index in [1.54, 1.807) is 0 Å². The maximum Gasteiger partial charge on any atom is 0.0783 e. The van der Waals surface area contributed by atoms with Gasteiger partial charge in [-0.1, -0.05) is 91.0 Å². The normalized spacial score (nSPS) is 11.8. The van der Waals surface area contributed by atoms with Gasteiger partial charge in [0.2, 0.25) is 0 Å². The molecule has 0 unspecified atom stereocenters. The zero-order valence-electron chi connectivity index (χ0n) is 17.4. The molecule has 0 spiro atoms. The molecule has 7 rings (SSSR count). The smallest absolute Gasteiger partial charge is 0.0783 e. The number of nitrogens with one attached hydrogen (secondary N) is 1. The Morgan fingerprint density at radius 3 is 2.12 bits per heavy atom. The number of H-pyrrole nitrogens is 1. The first-order chi connectivity index (χ1) is 15.9. The molecule has 2 heterocycles. The van der Waals surface area contributed by atoms with Gasteiger partial charge in [-0.3, -0.25) is 0 Å². The van der Waals surface area contributed by atoms with Crippen molar-refractivity contribution >= 4 is 43.6 Å². The summed E-state index contributed by atoms with van der Waals surface area (Å²) >= 11 is 0. The second-order valence-electron chi connectivity index (χ2n) is 8.32. The lowest BCUT2D eigenvalue weighted by molar-refractivity contribution is 1.18. The van der Waals surface area contributed by atoms with Crippen LogP contribution in [0.1, 0.15) is 0 Å². The van der Waals surface area contributed by atoms with Crippen molar-refractivity contribution in [2.75, 3.05) is 0 Å². The first-order valence-electron chi connectivity index (χ1n) is 11.0. The van der Waals surface area contributed by atoms with E-state index >= 15 is 0 Å². The van der Waals surface area contributed by atoms with Crippen LogP contribution in [-0.2, 0) is 0 Å². The maximum atomic E-state index is 3.72. The molecule has 5 aromatic carbocycles. The summed E-state index contributed by atoms with van der Waals surface area (Å²) in [4.78, 5) is 3.72. The van der Waals surface area contributed by atoms with Crippen molar-refractivity contribution in [1.82, 2.24) is 9.55 Å². The van der Waals surface area contributed by atoms with Gasteiger partial charge in [0.05, 0.1) is 16.6 Å². The van der Waals surface area contributed by atoms with Gasteiger partial charge in [0.1, 0.15) is 0 Å². The third-order valence-corrected chi connectivity index (χ3v) is 6.53. The first kappa shape index (κ1) is 17.4. The highest BCUT2D eigenvalue weighted by molar-refractivity contribution is 6.22. The lowest BCUT2D eigenvalue weighted by Crippen LogP contribution is -1.95. The van der Waals surface area contributed by atoms with Gasteiger partial charge in [-0.05, 0) is 35.4 Å². The number of para-hydroxylation sites is 2.